The fraction of sp³-hybridized carbons (Fsp3) is 0.188. The molecule has 1 atom stereocenters. The zero-order chi connectivity index (χ0) is 14.9. The van der Waals surface area contributed by atoms with Gasteiger partial charge in [-0.3, -0.25) is 0 Å². The van der Waals surface area contributed by atoms with E-state index >= 15 is 0 Å². The van der Waals surface area contributed by atoms with Crippen LogP contribution in [0, 0.1) is 0 Å². The third kappa shape index (κ3) is 2.91. The summed E-state index contributed by atoms with van der Waals surface area (Å²) >= 11 is 0. The lowest BCUT2D eigenvalue weighted by atomic mass is 10.0. The Balaban J connectivity index is 2.06. The minimum atomic E-state index is -4.42. The van der Waals surface area contributed by atoms with Crippen molar-refractivity contribution in [3.8, 4) is 0 Å². The average Bonchev–Trinajstić information content (AvgIpc) is 2.67. The number of nitrogens with zero attached hydrogens (tertiary/aromatic N) is 1. The molecule has 0 aliphatic carbocycles. The Hall–Kier alpha value is -2.30. The highest BCUT2D eigenvalue weighted by atomic mass is 19.4. The maximum absolute atomic E-state index is 13.1. The summed E-state index contributed by atoms with van der Waals surface area (Å²) in [6.07, 6.45) is -4.62. The van der Waals surface area contributed by atoms with Crippen LogP contribution in [0.2, 0.25) is 0 Å². The topological polar surface area (TPSA) is 24.4 Å². The Bertz CT molecular complexity index is 663. The van der Waals surface area contributed by atoms with Crippen LogP contribution in [0.5, 0.6) is 0 Å². The molecule has 0 aromatic heterocycles. The van der Waals surface area contributed by atoms with Gasteiger partial charge in [-0.05, 0) is 17.7 Å². The maximum Gasteiger partial charge on any atom is 0.429 e. The number of para-hydroxylation sites is 2. The first-order valence-corrected chi connectivity index (χ1v) is 6.59. The van der Waals surface area contributed by atoms with Crippen molar-refractivity contribution in [3.63, 3.8) is 0 Å². The molecular weight excluding hydrogens is 277 g/mol. The zero-order valence-corrected chi connectivity index (χ0v) is 11.1. The highest BCUT2D eigenvalue weighted by Gasteiger charge is 2.38. The summed E-state index contributed by atoms with van der Waals surface area (Å²) in [5.41, 5.74) is 0.994. The molecule has 108 valence electrons. The molecule has 0 saturated carbocycles. The Kier molecular flexibility index (Phi) is 3.41. The van der Waals surface area contributed by atoms with Crippen molar-refractivity contribution in [1.82, 2.24) is 0 Å². The van der Waals surface area contributed by atoms with Crippen molar-refractivity contribution in [2.45, 2.75) is 18.6 Å². The molecule has 0 bridgehead atoms. The van der Waals surface area contributed by atoms with E-state index in [-0.39, 0.29) is 6.42 Å². The molecule has 1 aliphatic rings. The average molecular weight is 290 g/mol. The molecule has 0 spiro atoms. The second-order valence-corrected chi connectivity index (χ2v) is 4.89. The van der Waals surface area contributed by atoms with Crippen molar-refractivity contribution in [2.75, 3.05) is 5.32 Å². The monoisotopic (exact) mass is 290 g/mol. The highest BCUT2D eigenvalue weighted by molar-refractivity contribution is 5.95. The van der Waals surface area contributed by atoms with Crippen molar-refractivity contribution in [1.29, 1.82) is 0 Å². The standard InChI is InChI=1S/C16H13F3N2/c17-16(18,19)15-10-14(11-6-2-1-3-7-11)20-12-8-4-5-9-13(12)21-15/h1-9,14,20H,10H2. The minimum Gasteiger partial charge on any atom is -0.376 e. The van der Waals surface area contributed by atoms with Gasteiger partial charge in [-0.25, -0.2) is 4.99 Å². The summed E-state index contributed by atoms with van der Waals surface area (Å²) in [5.74, 6) is 0. The lowest BCUT2D eigenvalue weighted by molar-refractivity contribution is -0.0606. The van der Waals surface area contributed by atoms with Crippen LogP contribution in [-0.4, -0.2) is 11.9 Å². The lowest BCUT2D eigenvalue weighted by Crippen LogP contribution is -2.26. The number of hydrogen-bond donors (Lipinski definition) is 1. The van der Waals surface area contributed by atoms with E-state index in [4.69, 9.17) is 0 Å². The fourth-order valence-electron chi connectivity index (χ4n) is 2.38. The Morgan fingerprint density at radius 2 is 1.62 bits per heavy atom. The number of nitrogens with one attached hydrogen (secondary N) is 1. The quantitative estimate of drug-likeness (QED) is 0.795. The van der Waals surface area contributed by atoms with Crippen LogP contribution < -0.4 is 5.32 Å². The van der Waals surface area contributed by atoms with E-state index < -0.39 is 17.9 Å². The van der Waals surface area contributed by atoms with Crippen molar-refractivity contribution in [3.05, 3.63) is 60.2 Å². The smallest absolute Gasteiger partial charge is 0.376 e. The molecule has 3 rings (SSSR count). The Morgan fingerprint density at radius 3 is 2.33 bits per heavy atom. The number of hydrogen-bond acceptors (Lipinski definition) is 2. The van der Waals surface area contributed by atoms with Gasteiger partial charge in [-0.15, -0.1) is 0 Å². The summed E-state index contributed by atoms with van der Waals surface area (Å²) in [6, 6.07) is 15.5. The Morgan fingerprint density at radius 1 is 0.952 bits per heavy atom. The van der Waals surface area contributed by atoms with Gasteiger partial charge < -0.3 is 5.32 Å². The zero-order valence-electron chi connectivity index (χ0n) is 11.1. The van der Waals surface area contributed by atoms with Crippen LogP contribution in [0.1, 0.15) is 18.0 Å². The number of aliphatic imine (C=N–C) groups is 1. The van der Waals surface area contributed by atoms with E-state index in [1.165, 1.54) is 0 Å². The first-order chi connectivity index (χ1) is 10.0. The van der Waals surface area contributed by atoms with Crippen molar-refractivity contribution >= 4 is 17.1 Å². The second-order valence-electron chi connectivity index (χ2n) is 4.89. The molecule has 2 nitrogen and oxygen atoms in total. The molecule has 0 saturated heterocycles. The highest BCUT2D eigenvalue weighted by Crippen LogP contribution is 2.37. The molecule has 1 N–H and O–H groups in total. The number of halogens is 3. The van der Waals surface area contributed by atoms with Crippen LogP contribution >= 0.6 is 0 Å². The van der Waals surface area contributed by atoms with E-state index in [1.54, 1.807) is 24.3 Å². The molecule has 0 fully saturated rings. The number of rotatable bonds is 1. The first-order valence-electron chi connectivity index (χ1n) is 6.59. The number of benzene rings is 2. The van der Waals surface area contributed by atoms with Gasteiger partial charge in [0.15, 0.2) is 0 Å². The van der Waals surface area contributed by atoms with Gasteiger partial charge in [-0.2, -0.15) is 13.2 Å². The third-order valence-electron chi connectivity index (χ3n) is 3.42. The predicted molar refractivity (Wildman–Crippen MR) is 77.0 cm³/mol. The molecule has 1 unspecified atom stereocenters. The van der Waals surface area contributed by atoms with Gasteiger partial charge >= 0.3 is 6.18 Å². The van der Waals surface area contributed by atoms with E-state index in [9.17, 15) is 13.2 Å². The van der Waals surface area contributed by atoms with Crippen LogP contribution in [0.15, 0.2) is 59.6 Å². The van der Waals surface area contributed by atoms with Crippen LogP contribution in [0.4, 0.5) is 24.5 Å². The van der Waals surface area contributed by atoms with E-state index in [0.29, 0.717) is 11.4 Å². The molecule has 0 amide bonds. The normalized spacial score (nSPS) is 18.2. The van der Waals surface area contributed by atoms with E-state index in [2.05, 4.69) is 10.3 Å². The SMILES string of the molecule is FC(F)(F)C1=Nc2ccccc2NC(c2ccccc2)C1. The fourth-order valence-corrected chi connectivity index (χ4v) is 2.38. The largest absolute Gasteiger partial charge is 0.429 e. The van der Waals surface area contributed by atoms with Crippen molar-refractivity contribution in [2.24, 2.45) is 4.99 Å². The van der Waals surface area contributed by atoms with E-state index in [1.807, 2.05) is 30.3 Å². The predicted octanol–water partition coefficient (Wildman–Crippen LogP) is 4.88. The third-order valence-corrected chi connectivity index (χ3v) is 3.42. The van der Waals surface area contributed by atoms with Gasteiger partial charge in [0.2, 0.25) is 0 Å². The molecule has 2 aromatic rings. The van der Waals surface area contributed by atoms with Gasteiger partial charge in [0.25, 0.3) is 0 Å². The first kappa shape index (κ1) is 13.7. The maximum atomic E-state index is 13.1. The summed E-state index contributed by atoms with van der Waals surface area (Å²) in [6.45, 7) is 0. The van der Waals surface area contributed by atoms with Crippen LogP contribution in [0.25, 0.3) is 0 Å². The molecule has 2 aromatic carbocycles. The van der Waals surface area contributed by atoms with Gasteiger partial charge in [0, 0.05) is 6.42 Å². The summed E-state index contributed by atoms with van der Waals surface area (Å²) in [5, 5.41) is 3.16. The minimum absolute atomic E-state index is 0.192. The van der Waals surface area contributed by atoms with Gasteiger partial charge in [-0.1, -0.05) is 42.5 Å². The molecule has 21 heavy (non-hydrogen) atoms. The van der Waals surface area contributed by atoms with Gasteiger partial charge in [0.05, 0.1) is 17.4 Å². The summed E-state index contributed by atoms with van der Waals surface area (Å²) in [7, 11) is 0. The molecule has 1 heterocycles. The summed E-state index contributed by atoms with van der Waals surface area (Å²) in [4.78, 5) is 3.82. The van der Waals surface area contributed by atoms with E-state index in [0.717, 1.165) is 5.56 Å². The molecular formula is C16H13F3N2. The molecule has 0 radical (unpaired) electrons. The molecule has 5 heteroatoms. The number of alkyl halides is 3. The van der Waals surface area contributed by atoms with Crippen molar-refractivity contribution < 1.29 is 13.2 Å². The summed E-state index contributed by atoms with van der Waals surface area (Å²) < 4.78 is 39.4. The van der Waals surface area contributed by atoms with Crippen LogP contribution in [0.3, 0.4) is 0 Å². The second kappa shape index (κ2) is 5.24. The Labute approximate surface area is 120 Å². The number of fused-ring (bicyclic) bond motifs is 1. The molecule has 1 aliphatic heterocycles. The lowest BCUT2D eigenvalue weighted by Gasteiger charge is -2.19. The number of anilines is 1. The van der Waals surface area contributed by atoms with Crippen LogP contribution in [-0.2, 0) is 0 Å². The van der Waals surface area contributed by atoms with Gasteiger partial charge in [0.1, 0.15) is 5.71 Å².